The molecule has 0 saturated carbocycles. The summed E-state index contributed by atoms with van der Waals surface area (Å²) in [6.45, 7) is 1.59. The van der Waals surface area contributed by atoms with E-state index in [4.69, 9.17) is 21.7 Å². The maximum absolute atomic E-state index is 13.5. The number of benzene rings is 1. The molecule has 0 spiro atoms. The summed E-state index contributed by atoms with van der Waals surface area (Å²) in [6, 6.07) is 6.29. The minimum Gasteiger partial charge on any atom is -0.483 e. The summed E-state index contributed by atoms with van der Waals surface area (Å²) in [6.07, 6.45) is 2.23. The molecule has 0 amide bonds. The Morgan fingerprint density at radius 1 is 1.48 bits per heavy atom. The van der Waals surface area contributed by atoms with Crippen molar-refractivity contribution in [3.8, 4) is 5.75 Å². The Balaban J connectivity index is 1.71. The van der Waals surface area contributed by atoms with E-state index in [0.29, 0.717) is 17.1 Å². The molecule has 1 N–H and O–H groups in total. The van der Waals surface area contributed by atoms with Crippen LogP contribution in [0.4, 0.5) is 4.39 Å². The van der Waals surface area contributed by atoms with Crippen LogP contribution in [-0.2, 0) is 17.9 Å². The average molecular weight is 309 g/mol. The minimum atomic E-state index is -0.391. The maximum atomic E-state index is 13.5. The highest BCUT2D eigenvalue weighted by atomic mass is 32.1. The zero-order valence-electron chi connectivity index (χ0n) is 11.4. The summed E-state index contributed by atoms with van der Waals surface area (Å²) in [5.74, 6) is 0.450. The second kappa shape index (κ2) is 6.36. The van der Waals surface area contributed by atoms with Gasteiger partial charge >= 0.3 is 0 Å². The summed E-state index contributed by atoms with van der Waals surface area (Å²) in [5.41, 5.74) is 0. The first kappa shape index (κ1) is 14.2. The first-order valence-electron chi connectivity index (χ1n) is 6.87. The van der Waals surface area contributed by atoms with Crippen molar-refractivity contribution in [2.75, 3.05) is 6.61 Å². The molecule has 1 aliphatic heterocycles. The van der Waals surface area contributed by atoms with Crippen LogP contribution in [0.3, 0.4) is 0 Å². The number of ether oxygens (including phenoxy) is 2. The molecule has 1 unspecified atom stereocenters. The third kappa shape index (κ3) is 3.30. The van der Waals surface area contributed by atoms with Crippen molar-refractivity contribution in [3.63, 3.8) is 0 Å². The molecule has 0 bridgehead atoms. The van der Waals surface area contributed by atoms with Crippen molar-refractivity contribution >= 4 is 12.2 Å². The van der Waals surface area contributed by atoms with Gasteiger partial charge in [-0.2, -0.15) is 5.10 Å². The molecule has 0 aliphatic carbocycles. The summed E-state index contributed by atoms with van der Waals surface area (Å²) in [4.78, 5) is 0. The molecule has 3 rings (SSSR count). The van der Waals surface area contributed by atoms with Crippen LogP contribution in [0.5, 0.6) is 5.75 Å². The lowest BCUT2D eigenvalue weighted by atomic mass is 10.2. The van der Waals surface area contributed by atoms with Gasteiger partial charge in [-0.05, 0) is 37.2 Å². The molecular formula is C14H16FN3O2S. The van der Waals surface area contributed by atoms with Gasteiger partial charge in [0.15, 0.2) is 22.2 Å². The van der Waals surface area contributed by atoms with Gasteiger partial charge in [0.1, 0.15) is 6.61 Å². The van der Waals surface area contributed by atoms with Crippen LogP contribution in [0.1, 0.15) is 18.7 Å². The van der Waals surface area contributed by atoms with Crippen molar-refractivity contribution in [1.82, 2.24) is 14.8 Å². The van der Waals surface area contributed by atoms with E-state index in [-0.39, 0.29) is 18.5 Å². The molecule has 1 aliphatic rings. The van der Waals surface area contributed by atoms with Crippen LogP contribution in [0.25, 0.3) is 0 Å². The van der Waals surface area contributed by atoms with Gasteiger partial charge in [-0.1, -0.05) is 12.1 Å². The van der Waals surface area contributed by atoms with E-state index in [9.17, 15) is 4.39 Å². The maximum Gasteiger partial charge on any atom is 0.195 e. The van der Waals surface area contributed by atoms with Crippen LogP contribution in [0, 0.1) is 10.6 Å². The average Bonchev–Trinajstić information content (AvgIpc) is 3.11. The van der Waals surface area contributed by atoms with Crippen LogP contribution in [-0.4, -0.2) is 27.5 Å². The fraction of sp³-hybridized carbons (Fsp3) is 0.429. The van der Waals surface area contributed by atoms with Crippen molar-refractivity contribution in [3.05, 3.63) is 40.7 Å². The van der Waals surface area contributed by atoms with Gasteiger partial charge < -0.3 is 9.47 Å². The SMILES string of the molecule is Fc1ccccc1OCc1n[nH]c(=S)n1CC1CCCO1. The largest absolute Gasteiger partial charge is 0.483 e. The fourth-order valence-corrected chi connectivity index (χ4v) is 2.57. The van der Waals surface area contributed by atoms with Gasteiger partial charge in [-0.3, -0.25) is 9.67 Å². The monoisotopic (exact) mass is 309 g/mol. The fourth-order valence-electron chi connectivity index (χ4n) is 2.34. The van der Waals surface area contributed by atoms with Gasteiger partial charge in [0, 0.05) is 6.61 Å². The highest BCUT2D eigenvalue weighted by Gasteiger charge is 2.18. The third-order valence-corrected chi connectivity index (χ3v) is 3.75. The van der Waals surface area contributed by atoms with E-state index < -0.39 is 5.82 Å². The molecule has 2 heterocycles. The molecule has 5 nitrogen and oxygen atoms in total. The number of hydrogen-bond donors (Lipinski definition) is 1. The molecule has 1 saturated heterocycles. The Morgan fingerprint density at radius 3 is 3.10 bits per heavy atom. The Hall–Kier alpha value is -1.73. The molecule has 21 heavy (non-hydrogen) atoms. The van der Waals surface area contributed by atoms with Gasteiger partial charge in [0.05, 0.1) is 12.6 Å². The van der Waals surface area contributed by atoms with Gasteiger partial charge in [0.2, 0.25) is 0 Å². The number of halogens is 1. The van der Waals surface area contributed by atoms with Crippen LogP contribution >= 0.6 is 12.2 Å². The van der Waals surface area contributed by atoms with Gasteiger partial charge in [-0.15, -0.1) is 0 Å². The van der Waals surface area contributed by atoms with Crippen LogP contribution < -0.4 is 4.74 Å². The van der Waals surface area contributed by atoms with E-state index >= 15 is 0 Å². The smallest absolute Gasteiger partial charge is 0.195 e. The highest BCUT2D eigenvalue weighted by molar-refractivity contribution is 7.71. The number of aromatic amines is 1. The molecule has 0 radical (unpaired) electrons. The number of nitrogens with zero attached hydrogens (tertiary/aromatic N) is 2. The molecule has 1 aromatic carbocycles. The molecule has 2 aromatic rings. The van der Waals surface area contributed by atoms with Crippen molar-refractivity contribution in [2.45, 2.75) is 32.1 Å². The summed E-state index contributed by atoms with van der Waals surface area (Å²) >= 11 is 5.22. The van der Waals surface area contributed by atoms with Crippen LogP contribution in [0.15, 0.2) is 24.3 Å². The minimum absolute atomic E-state index is 0.154. The molecule has 112 valence electrons. The summed E-state index contributed by atoms with van der Waals surface area (Å²) in [7, 11) is 0. The van der Waals surface area contributed by atoms with E-state index in [1.54, 1.807) is 18.2 Å². The van der Waals surface area contributed by atoms with E-state index in [2.05, 4.69) is 10.2 Å². The van der Waals surface area contributed by atoms with E-state index in [1.165, 1.54) is 6.07 Å². The lowest BCUT2D eigenvalue weighted by molar-refractivity contribution is 0.0948. The number of hydrogen-bond acceptors (Lipinski definition) is 4. The first-order chi connectivity index (χ1) is 10.2. The predicted octanol–water partition coefficient (Wildman–Crippen LogP) is 2.84. The molecule has 1 aromatic heterocycles. The zero-order chi connectivity index (χ0) is 14.7. The molecule has 1 atom stereocenters. The highest BCUT2D eigenvalue weighted by Crippen LogP contribution is 2.18. The molecule has 1 fully saturated rings. The van der Waals surface area contributed by atoms with Crippen LogP contribution in [0.2, 0.25) is 0 Å². The number of aromatic nitrogens is 3. The predicted molar refractivity (Wildman–Crippen MR) is 77.1 cm³/mol. The standard InChI is InChI=1S/C14H16FN3O2S/c15-11-5-1-2-6-12(11)20-9-13-16-17-14(21)18(13)8-10-4-3-7-19-10/h1-2,5-6,10H,3-4,7-9H2,(H,17,21). The quantitative estimate of drug-likeness (QED) is 0.863. The first-order valence-corrected chi connectivity index (χ1v) is 7.28. The summed E-state index contributed by atoms with van der Waals surface area (Å²) in [5, 5.41) is 6.89. The summed E-state index contributed by atoms with van der Waals surface area (Å²) < 4.78 is 27.0. The second-order valence-corrected chi connectivity index (χ2v) is 5.30. The number of para-hydroxylation sites is 1. The third-order valence-electron chi connectivity index (χ3n) is 3.44. The Bertz CT molecular complexity index is 664. The zero-order valence-corrected chi connectivity index (χ0v) is 12.2. The van der Waals surface area contributed by atoms with Crippen molar-refractivity contribution in [1.29, 1.82) is 0 Å². The van der Waals surface area contributed by atoms with Crippen molar-refractivity contribution < 1.29 is 13.9 Å². The van der Waals surface area contributed by atoms with Crippen molar-refractivity contribution in [2.24, 2.45) is 0 Å². The number of rotatable bonds is 5. The lowest BCUT2D eigenvalue weighted by Gasteiger charge is -2.12. The van der Waals surface area contributed by atoms with Gasteiger partial charge in [-0.25, -0.2) is 4.39 Å². The van der Waals surface area contributed by atoms with E-state index in [1.807, 2.05) is 4.57 Å². The number of nitrogens with one attached hydrogen (secondary N) is 1. The Morgan fingerprint density at radius 2 is 2.33 bits per heavy atom. The van der Waals surface area contributed by atoms with E-state index in [0.717, 1.165) is 19.4 Å². The topological polar surface area (TPSA) is 52.1 Å². The number of H-pyrrole nitrogens is 1. The molecular weight excluding hydrogens is 293 g/mol. The Labute approximate surface area is 126 Å². The lowest BCUT2D eigenvalue weighted by Crippen LogP contribution is -2.18. The Kier molecular flexibility index (Phi) is 4.31. The normalized spacial score (nSPS) is 18.0. The second-order valence-electron chi connectivity index (χ2n) is 4.91. The molecule has 7 heteroatoms. The van der Waals surface area contributed by atoms with Gasteiger partial charge in [0.25, 0.3) is 0 Å².